The lowest BCUT2D eigenvalue weighted by molar-refractivity contribution is -0.296. The molecular formula is C20H30O4. The molecule has 2 rings (SSSR count). The third-order valence-corrected chi connectivity index (χ3v) is 4.67. The zero-order chi connectivity index (χ0) is 17.7. The summed E-state index contributed by atoms with van der Waals surface area (Å²) < 4.78 is 5.57. The number of hydrogen-bond donors (Lipinski definition) is 0. The maximum absolute atomic E-state index is 12.2. The minimum Gasteiger partial charge on any atom is -0.491 e. The lowest BCUT2D eigenvalue weighted by Crippen LogP contribution is -2.34. The summed E-state index contributed by atoms with van der Waals surface area (Å²) in [6, 6.07) is 6.95. The summed E-state index contributed by atoms with van der Waals surface area (Å²) in [4.78, 5) is 22.9. The summed E-state index contributed by atoms with van der Waals surface area (Å²) in [7, 11) is 0. The van der Waals surface area contributed by atoms with E-state index >= 15 is 0 Å². The van der Waals surface area contributed by atoms with Crippen LogP contribution in [0.5, 0.6) is 5.75 Å². The van der Waals surface area contributed by atoms with E-state index < -0.39 is 5.97 Å². The molecule has 0 N–H and O–H groups in total. The van der Waals surface area contributed by atoms with Gasteiger partial charge in [-0.05, 0) is 68.7 Å². The minimum atomic E-state index is -0.452. The fourth-order valence-corrected chi connectivity index (χ4v) is 3.32. The van der Waals surface area contributed by atoms with E-state index in [9.17, 15) is 4.79 Å². The van der Waals surface area contributed by atoms with Gasteiger partial charge in [0.15, 0.2) is 0 Å². The first-order valence-corrected chi connectivity index (χ1v) is 9.01. The summed E-state index contributed by atoms with van der Waals surface area (Å²) in [5.74, 6) is 1.86. The molecule has 0 bridgehead atoms. The molecule has 0 radical (unpaired) electrons. The molecule has 0 amide bonds. The van der Waals surface area contributed by atoms with Crippen molar-refractivity contribution in [1.82, 2.24) is 0 Å². The van der Waals surface area contributed by atoms with Gasteiger partial charge in [-0.2, -0.15) is 4.89 Å². The Balaban J connectivity index is 1.91. The Morgan fingerprint density at radius 1 is 1.08 bits per heavy atom. The maximum atomic E-state index is 12.2. The van der Waals surface area contributed by atoms with Crippen LogP contribution >= 0.6 is 0 Å². The van der Waals surface area contributed by atoms with Crippen LogP contribution in [0, 0.1) is 17.8 Å². The van der Waals surface area contributed by atoms with E-state index in [4.69, 9.17) is 14.5 Å². The molecule has 1 saturated carbocycles. The van der Waals surface area contributed by atoms with Crippen LogP contribution in [0.1, 0.15) is 64.2 Å². The van der Waals surface area contributed by atoms with Gasteiger partial charge in [-0.3, -0.25) is 4.89 Å². The van der Waals surface area contributed by atoms with Crippen LogP contribution in [-0.4, -0.2) is 18.2 Å². The fraction of sp³-hybridized carbons (Fsp3) is 0.650. The molecule has 4 heteroatoms. The fourth-order valence-electron chi connectivity index (χ4n) is 3.32. The molecule has 1 aliphatic carbocycles. The molecule has 4 nitrogen and oxygen atoms in total. The van der Waals surface area contributed by atoms with Crippen molar-refractivity contribution in [3.63, 3.8) is 0 Å². The van der Waals surface area contributed by atoms with Gasteiger partial charge in [0, 0.05) is 0 Å². The highest BCUT2D eigenvalue weighted by Gasteiger charge is 2.33. The van der Waals surface area contributed by atoms with Gasteiger partial charge < -0.3 is 4.74 Å². The molecular weight excluding hydrogens is 304 g/mol. The number of rotatable bonds is 6. The van der Waals surface area contributed by atoms with Crippen molar-refractivity contribution in [3.8, 4) is 5.75 Å². The van der Waals surface area contributed by atoms with Crippen LogP contribution < -0.4 is 4.74 Å². The van der Waals surface area contributed by atoms with Crippen molar-refractivity contribution in [2.24, 2.45) is 17.8 Å². The van der Waals surface area contributed by atoms with E-state index in [0.717, 1.165) is 18.6 Å². The van der Waals surface area contributed by atoms with Crippen molar-refractivity contribution >= 4 is 5.97 Å². The molecule has 0 heterocycles. The van der Waals surface area contributed by atoms with Crippen LogP contribution in [0.3, 0.4) is 0 Å². The summed E-state index contributed by atoms with van der Waals surface area (Å²) in [6.07, 6.45) is 3.38. The molecule has 0 saturated heterocycles. The van der Waals surface area contributed by atoms with Gasteiger partial charge >= 0.3 is 5.97 Å². The Labute approximate surface area is 145 Å². The van der Waals surface area contributed by atoms with Gasteiger partial charge in [-0.1, -0.05) is 27.2 Å². The molecule has 3 atom stereocenters. The smallest absolute Gasteiger partial charge is 0.373 e. The zero-order valence-electron chi connectivity index (χ0n) is 15.5. The number of hydrogen-bond acceptors (Lipinski definition) is 4. The van der Waals surface area contributed by atoms with Crippen LogP contribution in [0.25, 0.3) is 0 Å². The van der Waals surface area contributed by atoms with Crippen molar-refractivity contribution in [3.05, 3.63) is 29.8 Å². The first kappa shape index (κ1) is 18.8. The second kappa shape index (κ2) is 8.52. The highest BCUT2D eigenvalue weighted by Crippen LogP contribution is 2.35. The average Bonchev–Trinajstić information content (AvgIpc) is 2.52. The Morgan fingerprint density at radius 2 is 1.75 bits per heavy atom. The van der Waals surface area contributed by atoms with Gasteiger partial charge in [0.1, 0.15) is 11.9 Å². The highest BCUT2D eigenvalue weighted by molar-refractivity contribution is 5.89. The predicted molar refractivity (Wildman–Crippen MR) is 93.8 cm³/mol. The first-order valence-electron chi connectivity index (χ1n) is 9.01. The van der Waals surface area contributed by atoms with Gasteiger partial charge in [0.05, 0.1) is 11.7 Å². The van der Waals surface area contributed by atoms with Crippen LogP contribution in [0.2, 0.25) is 0 Å². The van der Waals surface area contributed by atoms with E-state index in [1.807, 2.05) is 13.8 Å². The van der Waals surface area contributed by atoms with E-state index in [-0.39, 0.29) is 12.2 Å². The van der Waals surface area contributed by atoms with Crippen LogP contribution in [0.15, 0.2) is 24.3 Å². The third-order valence-electron chi connectivity index (χ3n) is 4.67. The van der Waals surface area contributed by atoms with Gasteiger partial charge in [0.25, 0.3) is 0 Å². The first-order chi connectivity index (χ1) is 11.4. The lowest BCUT2D eigenvalue weighted by atomic mass is 9.75. The second-order valence-electron chi connectivity index (χ2n) is 7.52. The van der Waals surface area contributed by atoms with E-state index in [1.54, 1.807) is 24.3 Å². The van der Waals surface area contributed by atoms with E-state index in [0.29, 0.717) is 23.3 Å². The van der Waals surface area contributed by atoms with Crippen molar-refractivity contribution < 1.29 is 19.3 Å². The molecule has 0 aromatic heterocycles. The summed E-state index contributed by atoms with van der Waals surface area (Å²) >= 11 is 0. The predicted octanol–water partition coefficient (Wildman–Crippen LogP) is 5.02. The Morgan fingerprint density at radius 3 is 2.33 bits per heavy atom. The Bertz CT molecular complexity index is 521. The van der Waals surface area contributed by atoms with Crippen molar-refractivity contribution in [1.29, 1.82) is 0 Å². The third kappa shape index (κ3) is 5.23. The normalized spacial score (nSPS) is 24.2. The summed E-state index contributed by atoms with van der Waals surface area (Å²) in [6.45, 7) is 10.6. The summed E-state index contributed by atoms with van der Waals surface area (Å²) in [5, 5.41) is 0. The molecule has 3 unspecified atom stereocenters. The number of carbonyl (C=O) groups excluding carboxylic acids is 1. The Kier molecular flexibility index (Phi) is 6.67. The number of benzene rings is 1. The highest BCUT2D eigenvalue weighted by atomic mass is 17.2. The monoisotopic (exact) mass is 334 g/mol. The van der Waals surface area contributed by atoms with Crippen molar-refractivity contribution in [2.45, 2.75) is 66.1 Å². The minimum absolute atomic E-state index is 0.0127. The number of ether oxygens (including phenoxy) is 1. The van der Waals surface area contributed by atoms with Gasteiger partial charge in [0.2, 0.25) is 0 Å². The zero-order valence-corrected chi connectivity index (χ0v) is 15.5. The van der Waals surface area contributed by atoms with Crippen molar-refractivity contribution in [2.75, 3.05) is 0 Å². The molecule has 1 aromatic rings. The molecule has 1 aliphatic rings. The topological polar surface area (TPSA) is 44.8 Å². The van der Waals surface area contributed by atoms with Crippen LogP contribution in [-0.2, 0) is 9.78 Å². The Hall–Kier alpha value is -1.55. The average molecular weight is 334 g/mol. The van der Waals surface area contributed by atoms with Crippen LogP contribution in [0.4, 0.5) is 0 Å². The quantitative estimate of drug-likeness (QED) is 0.541. The molecule has 24 heavy (non-hydrogen) atoms. The largest absolute Gasteiger partial charge is 0.491 e. The van der Waals surface area contributed by atoms with Gasteiger partial charge in [-0.25, -0.2) is 4.79 Å². The molecule has 0 spiro atoms. The number of carbonyl (C=O) groups is 1. The lowest BCUT2D eigenvalue weighted by Gasteiger charge is -2.35. The van der Waals surface area contributed by atoms with E-state index in [1.165, 1.54) is 6.42 Å². The standard InChI is InChI=1S/C20H30O4/c1-13(2)18-11-6-15(5)12-19(18)23-24-20(21)16-7-9-17(10-8-16)22-14(3)4/h7-10,13-15,18-19H,6,11-12H2,1-5H3. The summed E-state index contributed by atoms with van der Waals surface area (Å²) in [5.41, 5.74) is 0.469. The molecule has 1 aromatic carbocycles. The maximum Gasteiger partial charge on any atom is 0.373 e. The second-order valence-corrected chi connectivity index (χ2v) is 7.52. The SMILES string of the molecule is CC1CCC(C(C)C)C(OOC(=O)c2ccc(OC(C)C)cc2)C1. The molecule has 134 valence electrons. The molecule has 0 aliphatic heterocycles. The van der Waals surface area contributed by atoms with Gasteiger partial charge in [-0.15, -0.1) is 0 Å². The van der Waals surface area contributed by atoms with E-state index in [2.05, 4.69) is 20.8 Å². The molecule has 1 fully saturated rings.